The van der Waals surface area contributed by atoms with E-state index < -0.39 is 35.2 Å². The second-order valence-electron chi connectivity index (χ2n) is 9.39. The van der Waals surface area contributed by atoms with Crippen LogP contribution in [0.4, 0.5) is 13.2 Å². The molecule has 1 saturated heterocycles. The van der Waals surface area contributed by atoms with Crippen LogP contribution in [0, 0.1) is 5.92 Å². The van der Waals surface area contributed by atoms with Crippen molar-refractivity contribution in [2.45, 2.75) is 31.7 Å². The maximum atomic E-state index is 13.6. The number of hydrogen-bond donors (Lipinski definition) is 0. The molecular weight excluding hydrogens is 517 g/mol. The molecule has 5 nitrogen and oxygen atoms in total. The highest BCUT2D eigenvalue weighted by Crippen LogP contribution is 2.34. The lowest BCUT2D eigenvalue weighted by atomic mass is 9.90. The van der Waals surface area contributed by atoms with Crippen LogP contribution in [0.1, 0.15) is 34.3 Å². The minimum absolute atomic E-state index is 0.0757. The Labute approximate surface area is 224 Å². The van der Waals surface area contributed by atoms with Gasteiger partial charge in [0.05, 0.1) is 11.1 Å². The van der Waals surface area contributed by atoms with E-state index in [0.29, 0.717) is 23.7 Å². The van der Waals surface area contributed by atoms with Crippen molar-refractivity contribution in [3.8, 4) is 5.75 Å². The van der Waals surface area contributed by atoms with E-state index >= 15 is 0 Å². The summed E-state index contributed by atoms with van der Waals surface area (Å²) in [6, 6.07) is 21.1. The molecule has 0 aromatic heterocycles. The highest BCUT2D eigenvalue weighted by atomic mass is 35.5. The maximum Gasteiger partial charge on any atom is 0.417 e. The molecule has 38 heavy (non-hydrogen) atoms. The van der Waals surface area contributed by atoms with Gasteiger partial charge in [-0.3, -0.25) is 9.59 Å². The van der Waals surface area contributed by atoms with E-state index in [1.807, 2.05) is 30.3 Å². The standard InChI is InChI=1S/C29H28ClF3N2O3/c1-34(18-20-7-3-2-4-8-20)27(36)17-21-19-35(16-15-26(21)38-23-13-11-22(30)12-14-23)28(37)24-9-5-6-10-25(24)29(31,32)33/h2-14,21,26H,15-19H2,1H3/t21-,26-/m0/s1. The Morgan fingerprint density at radius 3 is 2.34 bits per heavy atom. The average molecular weight is 545 g/mol. The highest BCUT2D eigenvalue weighted by molar-refractivity contribution is 6.30. The van der Waals surface area contributed by atoms with Gasteiger partial charge in [-0.15, -0.1) is 0 Å². The molecular formula is C29H28ClF3N2O3. The third-order valence-electron chi connectivity index (χ3n) is 6.64. The first-order chi connectivity index (χ1) is 18.1. The van der Waals surface area contributed by atoms with Crippen molar-refractivity contribution in [1.29, 1.82) is 0 Å². The van der Waals surface area contributed by atoms with Crippen molar-refractivity contribution in [3.63, 3.8) is 0 Å². The molecule has 1 fully saturated rings. The molecule has 0 N–H and O–H groups in total. The summed E-state index contributed by atoms with van der Waals surface area (Å²) in [5.41, 5.74) is -0.398. The summed E-state index contributed by atoms with van der Waals surface area (Å²) in [7, 11) is 1.70. The van der Waals surface area contributed by atoms with Crippen LogP contribution in [0.5, 0.6) is 5.75 Å². The minimum atomic E-state index is -4.65. The van der Waals surface area contributed by atoms with E-state index in [9.17, 15) is 22.8 Å². The fraction of sp³-hybridized carbons (Fsp3) is 0.310. The number of nitrogens with zero attached hydrogens (tertiary/aromatic N) is 2. The van der Waals surface area contributed by atoms with Gasteiger partial charge < -0.3 is 14.5 Å². The minimum Gasteiger partial charge on any atom is -0.490 e. The lowest BCUT2D eigenvalue weighted by Gasteiger charge is -2.39. The molecule has 0 bridgehead atoms. The van der Waals surface area contributed by atoms with Gasteiger partial charge in [0, 0.05) is 50.5 Å². The van der Waals surface area contributed by atoms with Gasteiger partial charge in [0.2, 0.25) is 5.91 Å². The first kappa shape index (κ1) is 27.5. The molecule has 4 rings (SSSR count). The number of carbonyl (C=O) groups is 2. The number of piperidine rings is 1. The molecule has 0 aliphatic carbocycles. The van der Waals surface area contributed by atoms with Crippen LogP contribution < -0.4 is 4.74 Å². The molecule has 1 aliphatic heterocycles. The van der Waals surface area contributed by atoms with Gasteiger partial charge in [0.25, 0.3) is 5.91 Å². The molecule has 2 atom stereocenters. The molecule has 0 radical (unpaired) electrons. The number of carbonyl (C=O) groups excluding carboxylic acids is 2. The van der Waals surface area contributed by atoms with Crippen LogP contribution in [0.15, 0.2) is 78.9 Å². The molecule has 9 heteroatoms. The summed E-state index contributed by atoms with van der Waals surface area (Å²) in [6.07, 6.45) is -4.63. The Balaban J connectivity index is 1.53. The van der Waals surface area contributed by atoms with Crippen LogP contribution in [-0.2, 0) is 17.5 Å². The smallest absolute Gasteiger partial charge is 0.417 e. The van der Waals surface area contributed by atoms with Gasteiger partial charge in [0.1, 0.15) is 11.9 Å². The quantitative estimate of drug-likeness (QED) is 0.350. The highest BCUT2D eigenvalue weighted by Gasteiger charge is 2.39. The van der Waals surface area contributed by atoms with E-state index in [1.54, 1.807) is 36.2 Å². The van der Waals surface area contributed by atoms with E-state index in [0.717, 1.165) is 11.6 Å². The summed E-state index contributed by atoms with van der Waals surface area (Å²) < 4.78 is 46.9. The average Bonchev–Trinajstić information content (AvgIpc) is 2.90. The molecule has 0 unspecified atom stereocenters. The Morgan fingerprint density at radius 2 is 1.66 bits per heavy atom. The Bertz CT molecular complexity index is 1250. The third kappa shape index (κ3) is 6.86. The molecule has 2 amide bonds. The van der Waals surface area contributed by atoms with Crippen molar-refractivity contribution in [2.75, 3.05) is 20.1 Å². The monoisotopic (exact) mass is 544 g/mol. The van der Waals surface area contributed by atoms with E-state index in [-0.39, 0.29) is 25.4 Å². The number of likely N-dealkylation sites (tertiary alicyclic amines) is 1. The first-order valence-corrected chi connectivity index (χ1v) is 12.6. The van der Waals surface area contributed by atoms with Gasteiger partial charge in [-0.2, -0.15) is 13.2 Å². The summed E-state index contributed by atoms with van der Waals surface area (Å²) in [5.74, 6) is -0.713. The molecule has 0 saturated carbocycles. The predicted molar refractivity (Wildman–Crippen MR) is 139 cm³/mol. The van der Waals surface area contributed by atoms with Crippen molar-refractivity contribution in [1.82, 2.24) is 9.80 Å². The number of halogens is 4. The lowest BCUT2D eigenvalue weighted by molar-refractivity contribution is -0.138. The Morgan fingerprint density at radius 1 is 1.00 bits per heavy atom. The zero-order valence-corrected chi connectivity index (χ0v) is 21.6. The summed E-state index contributed by atoms with van der Waals surface area (Å²) in [4.78, 5) is 29.4. The van der Waals surface area contributed by atoms with Gasteiger partial charge in [-0.1, -0.05) is 54.1 Å². The third-order valence-corrected chi connectivity index (χ3v) is 6.89. The first-order valence-electron chi connectivity index (χ1n) is 12.3. The normalized spacial score (nSPS) is 17.7. The maximum absolute atomic E-state index is 13.6. The number of hydrogen-bond acceptors (Lipinski definition) is 3. The van der Waals surface area contributed by atoms with E-state index in [1.165, 1.54) is 23.1 Å². The number of amides is 2. The molecule has 200 valence electrons. The van der Waals surface area contributed by atoms with Crippen LogP contribution in [0.25, 0.3) is 0 Å². The zero-order chi connectivity index (χ0) is 27.3. The number of ether oxygens (including phenoxy) is 1. The SMILES string of the molecule is CN(Cc1ccccc1)C(=O)C[C@H]1CN(C(=O)c2ccccc2C(F)(F)F)CC[C@@H]1Oc1ccc(Cl)cc1. The van der Waals surface area contributed by atoms with Crippen LogP contribution in [0.3, 0.4) is 0 Å². The van der Waals surface area contributed by atoms with Gasteiger partial charge >= 0.3 is 6.18 Å². The van der Waals surface area contributed by atoms with Crippen LogP contribution in [0.2, 0.25) is 5.02 Å². The van der Waals surface area contributed by atoms with Crippen molar-refractivity contribution in [2.24, 2.45) is 5.92 Å². The second kappa shape index (κ2) is 11.9. The fourth-order valence-electron chi connectivity index (χ4n) is 4.65. The molecule has 1 heterocycles. The van der Waals surface area contributed by atoms with Crippen molar-refractivity contribution < 1.29 is 27.5 Å². The van der Waals surface area contributed by atoms with Gasteiger partial charge in [0.15, 0.2) is 0 Å². The Kier molecular flexibility index (Phi) is 8.62. The topological polar surface area (TPSA) is 49.9 Å². The van der Waals surface area contributed by atoms with Gasteiger partial charge in [-0.05, 0) is 42.0 Å². The lowest BCUT2D eigenvalue weighted by Crippen LogP contribution is -2.49. The fourth-order valence-corrected chi connectivity index (χ4v) is 4.77. The summed E-state index contributed by atoms with van der Waals surface area (Å²) in [6.45, 7) is 0.707. The second-order valence-corrected chi connectivity index (χ2v) is 9.83. The molecule has 3 aromatic carbocycles. The number of benzene rings is 3. The van der Waals surface area contributed by atoms with Crippen molar-refractivity contribution in [3.05, 3.63) is 101 Å². The molecule has 3 aromatic rings. The number of rotatable bonds is 7. The van der Waals surface area contributed by atoms with E-state index in [4.69, 9.17) is 16.3 Å². The summed E-state index contributed by atoms with van der Waals surface area (Å²) >= 11 is 5.98. The van der Waals surface area contributed by atoms with Crippen LogP contribution >= 0.6 is 11.6 Å². The predicted octanol–water partition coefficient (Wildman–Crippen LogP) is 6.32. The van der Waals surface area contributed by atoms with Crippen LogP contribution in [-0.4, -0.2) is 47.9 Å². The molecule has 1 aliphatic rings. The zero-order valence-electron chi connectivity index (χ0n) is 20.8. The number of alkyl halides is 3. The van der Waals surface area contributed by atoms with Gasteiger partial charge in [-0.25, -0.2) is 0 Å². The summed E-state index contributed by atoms with van der Waals surface area (Å²) in [5, 5.41) is 0.551. The largest absolute Gasteiger partial charge is 0.490 e. The molecule has 0 spiro atoms. The van der Waals surface area contributed by atoms with Crippen molar-refractivity contribution >= 4 is 23.4 Å². The van der Waals surface area contributed by atoms with E-state index in [2.05, 4.69) is 0 Å². The Hall–Kier alpha value is -3.52.